The van der Waals surface area contributed by atoms with Crippen molar-refractivity contribution >= 4 is 29.2 Å². The zero-order chi connectivity index (χ0) is 14.7. The van der Waals surface area contributed by atoms with Crippen LogP contribution >= 0.6 is 11.6 Å². The van der Waals surface area contributed by atoms with Crippen LogP contribution in [0.4, 0.5) is 5.69 Å². The molecular weight excluding hydrogens is 280 g/mol. The van der Waals surface area contributed by atoms with Crippen molar-refractivity contribution in [1.29, 1.82) is 0 Å². The lowest BCUT2D eigenvalue weighted by molar-refractivity contribution is 0.0698. The highest BCUT2D eigenvalue weighted by Crippen LogP contribution is 2.24. The number of carbonyl (C=O) groups excluding carboxylic acids is 1. The van der Waals surface area contributed by atoms with Gasteiger partial charge in [-0.1, -0.05) is 17.7 Å². The van der Waals surface area contributed by atoms with Crippen LogP contribution in [0.1, 0.15) is 27.8 Å². The van der Waals surface area contributed by atoms with Gasteiger partial charge in [-0.2, -0.15) is 0 Å². The maximum Gasteiger partial charge on any atom is 0.339 e. The molecule has 20 heavy (non-hydrogen) atoms. The van der Waals surface area contributed by atoms with E-state index in [1.54, 1.807) is 29.0 Å². The third kappa shape index (κ3) is 2.67. The number of amides is 1. The van der Waals surface area contributed by atoms with Crippen molar-refractivity contribution < 1.29 is 14.7 Å². The van der Waals surface area contributed by atoms with Gasteiger partial charge in [0.1, 0.15) is 11.3 Å². The van der Waals surface area contributed by atoms with Crippen molar-refractivity contribution in [2.75, 3.05) is 5.32 Å². The molecule has 0 atom stereocenters. The first-order chi connectivity index (χ1) is 9.54. The van der Waals surface area contributed by atoms with E-state index in [9.17, 15) is 9.59 Å². The number of nitrogens with one attached hydrogen (secondary N) is 1. The summed E-state index contributed by atoms with van der Waals surface area (Å²) in [6, 6.07) is 7.99. The van der Waals surface area contributed by atoms with E-state index in [-0.39, 0.29) is 22.2 Å². The van der Waals surface area contributed by atoms with Crippen molar-refractivity contribution in [3.05, 3.63) is 52.8 Å². The summed E-state index contributed by atoms with van der Waals surface area (Å²) >= 11 is 5.85. The Morgan fingerprint density at radius 3 is 2.70 bits per heavy atom. The van der Waals surface area contributed by atoms with Crippen molar-refractivity contribution in [3.63, 3.8) is 0 Å². The Labute approximate surface area is 120 Å². The predicted octanol–water partition coefficient (Wildman–Crippen LogP) is 3.11. The summed E-state index contributed by atoms with van der Waals surface area (Å²) in [5.41, 5.74) is 0.528. The summed E-state index contributed by atoms with van der Waals surface area (Å²) in [4.78, 5) is 23.4. The van der Waals surface area contributed by atoms with Gasteiger partial charge in [-0.3, -0.25) is 4.79 Å². The second kappa shape index (κ2) is 5.79. The topological polar surface area (TPSA) is 71.3 Å². The molecule has 0 spiro atoms. The summed E-state index contributed by atoms with van der Waals surface area (Å²) in [6.07, 6.45) is 1.78. The molecule has 0 saturated heterocycles. The molecule has 0 saturated carbocycles. The Hall–Kier alpha value is -2.27. The molecule has 5 nitrogen and oxygen atoms in total. The molecule has 2 aromatic rings. The van der Waals surface area contributed by atoms with E-state index in [1.807, 2.05) is 6.92 Å². The minimum Gasteiger partial charge on any atom is -0.478 e. The number of carboxylic acid groups (broad SMARTS) is 1. The fourth-order valence-electron chi connectivity index (χ4n) is 1.93. The minimum absolute atomic E-state index is 0.0844. The lowest BCUT2D eigenvalue weighted by Crippen LogP contribution is -2.18. The van der Waals surface area contributed by atoms with Gasteiger partial charge in [-0.15, -0.1) is 0 Å². The van der Waals surface area contributed by atoms with Crippen LogP contribution in [0.15, 0.2) is 36.5 Å². The van der Waals surface area contributed by atoms with Crippen LogP contribution in [0.2, 0.25) is 5.02 Å². The van der Waals surface area contributed by atoms with Gasteiger partial charge < -0.3 is 15.0 Å². The predicted molar refractivity (Wildman–Crippen MR) is 76.5 cm³/mol. The van der Waals surface area contributed by atoms with Gasteiger partial charge in [-0.05, 0) is 31.2 Å². The van der Waals surface area contributed by atoms with Gasteiger partial charge in [0.05, 0.1) is 10.7 Å². The quantitative estimate of drug-likeness (QED) is 0.909. The monoisotopic (exact) mass is 292 g/mol. The number of benzene rings is 1. The number of rotatable bonds is 4. The van der Waals surface area contributed by atoms with Crippen LogP contribution in [-0.4, -0.2) is 21.6 Å². The zero-order valence-corrected chi connectivity index (χ0v) is 11.5. The number of carbonyl (C=O) groups is 2. The molecule has 104 valence electrons. The summed E-state index contributed by atoms with van der Waals surface area (Å²) in [7, 11) is 0. The number of carboxylic acids is 1. The lowest BCUT2D eigenvalue weighted by Gasteiger charge is -2.11. The molecule has 1 heterocycles. The highest BCUT2D eigenvalue weighted by molar-refractivity contribution is 6.34. The number of hydrogen-bond acceptors (Lipinski definition) is 2. The van der Waals surface area contributed by atoms with E-state index in [0.717, 1.165) is 0 Å². The first-order valence-corrected chi connectivity index (χ1v) is 6.40. The van der Waals surface area contributed by atoms with Crippen molar-refractivity contribution in [3.8, 4) is 0 Å². The summed E-state index contributed by atoms with van der Waals surface area (Å²) in [6.45, 7) is 2.57. The number of halogens is 1. The fraction of sp³-hybridized carbons (Fsp3) is 0.143. The Bertz CT molecular complexity index is 664. The largest absolute Gasteiger partial charge is 0.478 e. The number of hydrogen-bond donors (Lipinski definition) is 2. The van der Waals surface area contributed by atoms with Crippen LogP contribution in [0.5, 0.6) is 0 Å². The van der Waals surface area contributed by atoms with E-state index in [1.165, 1.54) is 12.1 Å². The molecular formula is C14H13ClN2O3. The van der Waals surface area contributed by atoms with Gasteiger partial charge in [-0.25, -0.2) is 4.79 Å². The number of aromatic nitrogens is 1. The smallest absolute Gasteiger partial charge is 0.339 e. The molecule has 6 heteroatoms. The maximum absolute atomic E-state index is 12.2. The molecule has 0 aliphatic heterocycles. The molecule has 0 radical (unpaired) electrons. The Kier molecular flexibility index (Phi) is 4.10. The molecule has 1 aromatic carbocycles. The number of aryl methyl sites for hydroxylation is 1. The van der Waals surface area contributed by atoms with Gasteiger partial charge in [0.25, 0.3) is 5.91 Å². The molecule has 1 amide bonds. The first kappa shape index (κ1) is 14.1. The molecule has 0 bridgehead atoms. The zero-order valence-electron chi connectivity index (χ0n) is 10.8. The van der Waals surface area contributed by atoms with Gasteiger partial charge in [0.15, 0.2) is 0 Å². The molecule has 1 aromatic heterocycles. The van der Waals surface area contributed by atoms with E-state index >= 15 is 0 Å². The summed E-state index contributed by atoms with van der Waals surface area (Å²) < 4.78 is 1.76. The third-order valence-corrected chi connectivity index (χ3v) is 3.19. The SMILES string of the molecule is CCn1cccc1C(=O)Nc1cccc(Cl)c1C(=O)O. The van der Waals surface area contributed by atoms with Gasteiger partial charge >= 0.3 is 5.97 Å². The van der Waals surface area contributed by atoms with Gasteiger partial charge in [0, 0.05) is 12.7 Å². The Morgan fingerprint density at radius 1 is 1.30 bits per heavy atom. The van der Waals surface area contributed by atoms with Crippen LogP contribution < -0.4 is 5.32 Å². The standard InChI is InChI=1S/C14H13ClN2O3/c1-2-17-8-4-7-11(17)13(18)16-10-6-3-5-9(15)12(10)14(19)20/h3-8H,2H2,1H3,(H,16,18)(H,19,20). The highest BCUT2D eigenvalue weighted by Gasteiger charge is 2.17. The van der Waals surface area contributed by atoms with Crippen LogP contribution in [-0.2, 0) is 6.54 Å². The van der Waals surface area contributed by atoms with Crippen LogP contribution in [0.3, 0.4) is 0 Å². The van der Waals surface area contributed by atoms with E-state index in [2.05, 4.69) is 5.32 Å². The summed E-state index contributed by atoms with van der Waals surface area (Å²) in [5, 5.41) is 11.8. The molecule has 0 aliphatic carbocycles. The lowest BCUT2D eigenvalue weighted by atomic mass is 10.1. The second-order valence-corrected chi connectivity index (χ2v) is 4.51. The average molecular weight is 293 g/mol. The van der Waals surface area contributed by atoms with Crippen molar-refractivity contribution in [2.45, 2.75) is 13.5 Å². The van der Waals surface area contributed by atoms with E-state index < -0.39 is 5.97 Å². The summed E-state index contributed by atoms with van der Waals surface area (Å²) in [5.74, 6) is -1.56. The van der Waals surface area contributed by atoms with Crippen molar-refractivity contribution in [1.82, 2.24) is 4.57 Å². The van der Waals surface area contributed by atoms with Crippen LogP contribution in [0, 0.1) is 0 Å². The number of anilines is 1. The molecule has 2 N–H and O–H groups in total. The second-order valence-electron chi connectivity index (χ2n) is 4.10. The maximum atomic E-state index is 12.2. The molecule has 2 rings (SSSR count). The third-order valence-electron chi connectivity index (χ3n) is 2.88. The highest BCUT2D eigenvalue weighted by atomic mass is 35.5. The molecule has 0 unspecified atom stereocenters. The van der Waals surface area contributed by atoms with E-state index in [4.69, 9.17) is 16.7 Å². The first-order valence-electron chi connectivity index (χ1n) is 6.03. The van der Waals surface area contributed by atoms with Crippen molar-refractivity contribution in [2.24, 2.45) is 0 Å². The Morgan fingerprint density at radius 2 is 2.05 bits per heavy atom. The average Bonchev–Trinajstić information content (AvgIpc) is 2.86. The number of aromatic carboxylic acids is 1. The number of nitrogens with zero attached hydrogens (tertiary/aromatic N) is 1. The molecule has 0 fully saturated rings. The minimum atomic E-state index is -1.18. The van der Waals surface area contributed by atoms with Crippen LogP contribution in [0.25, 0.3) is 0 Å². The van der Waals surface area contributed by atoms with Gasteiger partial charge in [0.2, 0.25) is 0 Å². The normalized spacial score (nSPS) is 10.3. The fourth-order valence-corrected chi connectivity index (χ4v) is 2.18. The Balaban J connectivity index is 2.33. The van der Waals surface area contributed by atoms with E-state index in [0.29, 0.717) is 12.2 Å². The molecule has 0 aliphatic rings.